The van der Waals surface area contributed by atoms with Gasteiger partial charge < -0.3 is 9.80 Å². The van der Waals surface area contributed by atoms with Gasteiger partial charge in [0, 0.05) is 12.8 Å². The van der Waals surface area contributed by atoms with Crippen LogP contribution in [0.1, 0.15) is 12.8 Å². The smallest absolute Gasteiger partial charge is 0.278 e. The van der Waals surface area contributed by atoms with Gasteiger partial charge >= 0.3 is 0 Å². The van der Waals surface area contributed by atoms with Crippen LogP contribution in [-0.2, 0) is 4.79 Å². The summed E-state index contributed by atoms with van der Waals surface area (Å²) in [5, 5.41) is 2.92. The van der Waals surface area contributed by atoms with Crippen LogP contribution < -0.4 is 5.32 Å². The third-order valence-electron chi connectivity index (χ3n) is 3.12. The van der Waals surface area contributed by atoms with Gasteiger partial charge in [0.2, 0.25) is 0 Å². The first-order valence-electron chi connectivity index (χ1n) is 4.34. The average molecular weight is 155 g/mol. The topological polar surface area (TPSA) is 29.1 Å². The number of rotatable bonds is 0. The van der Waals surface area contributed by atoms with E-state index < -0.39 is 0 Å². The van der Waals surface area contributed by atoms with E-state index in [-0.39, 0.29) is 11.9 Å². The van der Waals surface area contributed by atoms with Gasteiger partial charge in [-0.2, -0.15) is 0 Å². The van der Waals surface area contributed by atoms with Crippen molar-refractivity contribution < 1.29 is 9.28 Å². The van der Waals surface area contributed by atoms with Gasteiger partial charge in [0.05, 0.1) is 26.7 Å². The first-order valence-corrected chi connectivity index (χ1v) is 4.34. The van der Waals surface area contributed by atoms with E-state index in [1.807, 2.05) is 0 Å². The highest BCUT2D eigenvalue weighted by molar-refractivity contribution is 5.81. The molecule has 2 aliphatic rings. The molecule has 0 saturated carbocycles. The standard InChI is InChI=1S/C8H14N2O/c1-10-5-2-3-7(10)8(11)9-4-6-10/h7H,2-6H2,1H3/p+1/t7-,10-/m0/s1. The summed E-state index contributed by atoms with van der Waals surface area (Å²) >= 11 is 0. The summed E-state index contributed by atoms with van der Waals surface area (Å²) in [6.45, 7) is 3.18. The molecule has 11 heavy (non-hydrogen) atoms. The van der Waals surface area contributed by atoms with Crippen LogP contribution in [0, 0.1) is 0 Å². The Morgan fingerprint density at radius 3 is 3.09 bits per heavy atom. The Labute approximate surface area is 67.0 Å². The Bertz CT molecular complexity index is 193. The van der Waals surface area contributed by atoms with Crippen molar-refractivity contribution in [3.8, 4) is 0 Å². The largest absolute Gasteiger partial charge is 0.345 e. The van der Waals surface area contributed by atoms with E-state index in [0.717, 1.165) is 24.0 Å². The van der Waals surface area contributed by atoms with Gasteiger partial charge in [0.1, 0.15) is 0 Å². The highest BCUT2D eigenvalue weighted by Gasteiger charge is 2.45. The maximum Gasteiger partial charge on any atom is 0.278 e. The Morgan fingerprint density at radius 2 is 2.36 bits per heavy atom. The summed E-state index contributed by atoms with van der Waals surface area (Å²) in [7, 11) is 2.20. The third-order valence-corrected chi connectivity index (χ3v) is 3.12. The molecule has 2 rings (SSSR count). The van der Waals surface area contributed by atoms with Gasteiger partial charge in [-0.05, 0) is 0 Å². The van der Waals surface area contributed by atoms with Gasteiger partial charge in [0.25, 0.3) is 5.91 Å². The molecule has 1 N–H and O–H groups in total. The van der Waals surface area contributed by atoms with E-state index in [9.17, 15) is 4.79 Å². The van der Waals surface area contributed by atoms with Crippen molar-refractivity contribution in [1.29, 1.82) is 0 Å². The van der Waals surface area contributed by atoms with Crippen LogP contribution >= 0.6 is 0 Å². The first kappa shape index (κ1) is 7.10. The van der Waals surface area contributed by atoms with Crippen LogP contribution in [-0.4, -0.2) is 43.1 Å². The number of piperazine rings is 1. The van der Waals surface area contributed by atoms with E-state index in [2.05, 4.69) is 12.4 Å². The number of nitrogens with one attached hydrogen (secondary N) is 1. The lowest BCUT2D eigenvalue weighted by Gasteiger charge is -2.38. The molecule has 2 saturated heterocycles. The molecule has 1 amide bonds. The Hall–Kier alpha value is -0.570. The van der Waals surface area contributed by atoms with Crippen molar-refractivity contribution in [2.75, 3.05) is 26.7 Å². The minimum atomic E-state index is 0.267. The lowest BCUT2D eigenvalue weighted by atomic mass is 10.1. The average Bonchev–Trinajstić information content (AvgIpc) is 2.31. The molecule has 0 unspecified atom stereocenters. The Kier molecular flexibility index (Phi) is 1.42. The normalized spacial score (nSPS) is 43.4. The van der Waals surface area contributed by atoms with Crippen molar-refractivity contribution in [2.45, 2.75) is 18.9 Å². The monoisotopic (exact) mass is 155 g/mol. The lowest BCUT2D eigenvalue weighted by molar-refractivity contribution is -0.913. The van der Waals surface area contributed by atoms with Crippen molar-refractivity contribution in [3.05, 3.63) is 0 Å². The van der Waals surface area contributed by atoms with E-state index >= 15 is 0 Å². The zero-order valence-electron chi connectivity index (χ0n) is 6.97. The van der Waals surface area contributed by atoms with E-state index in [0.29, 0.717) is 0 Å². The first-order chi connectivity index (χ1) is 5.22. The number of carbonyl (C=O) groups excluding carboxylic acids is 1. The number of hydrogen-bond acceptors (Lipinski definition) is 1. The van der Waals surface area contributed by atoms with Crippen molar-refractivity contribution in [3.63, 3.8) is 0 Å². The summed E-state index contributed by atoms with van der Waals surface area (Å²) in [5.41, 5.74) is 0. The number of amides is 1. The number of nitrogens with zero attached hydrogens (tertiary/aromatic N) is 1. The molecule has 0 aromatic rings. The molecule has 2 aliphatic heterocycles. The van der Waals surface area contributed by atoms with Gasteiger partial charge in [-0.15, -0.1) is 0 Å². The van der Waals surface area contributed by atoms with E-state index in [4.69, 9.17) is 0 Å². The second kappa shape index (κ2) is 2.21. The number of carbonyl (C=O) groups is 1. The van der Waals surface area contributed by atoms with Gasteiger partial charge in [-0.25, -0.2) is 0 Å². The Morgan fingerprint density at radius 1 is 1.55 bits per heavy atom. The van der Waals surface area contributed by atoms with Crippen molar-refractivity contribution in [1.82, 2.24) is 5.32 Å². The minimum Gasteiger partial charge on any atom is -0.345 e. The van der Waals surface area contributed by atoms with Crippen LogP contribution in [0.2, 0.25) is 0 Å². The van der Waals surface area contributed by atoms with Crippen molar-refractivity contribution in [2.24, 2.45) is 0 Å². The van der Waals surface area contributed by atoms with Crippen LogP contribution in [0.4, 0.5) is 0 Å². The quantitative estimate of drug-likeness (QED) is 0.479. The molecule has 0 aromatic heterocycles. The number of fused-ring (bicyclic) bond motifs is 1. The molecule has 2 heterocycles. The number of quaternary nitrogens is 1. The second-order valence-electron chi connectivity index (χ2n) is 3.88. The molecule has 2 atom stereocenters. The zero-order valence-corrected chi connectivity index (χ0v) is 6.97. The third kappa shape index (κ3) is 0.948. The molecule has 2 fully saturated rings. The fraction of sp³-hybridized carbons (Fsp3) is 0.875. The van der Waals surface area contributed by atoms with Gasteiger partial charge in [-0.3, -0.25) is 4.79 Å². The van der Waals surface area contributed by atoms with Gasteiger partial charge in [-0.1, -0.05) is 0 Å². The van der Waals surface area contributed by atoms with Crippen LogP contribution in [0.25, 0.3) is 0 Å². The highest BCUT2D eigenvalue weighted by atomic mass is 16.2. The number of hydrogen-bond donors (Lipinski definition) is 1. The maximum atomic E-state index is 11.4. The molecule has 0 bridgehead atoms. The van der Waals surface area contributed by atoms with Crippen molar-refractivity contribution >= 4 is 5.91 Å². The van der Waals surface area contributed by atoms with Crippen LogP contribution in [0.5, 0.6) is 0 Å². The summed E-state index contributed by atoms with van der Waals surface area (Å²) in [6, 6.07) is 0.267. The SMILES string of the molecule is C[N@@+]12CCC[C@H]1C(=O)NCC2. The fourth-order valence-corrected chi connectivity index (χ4v) is 2.35. The molecule has 0 radical (unpaired) electrons. The summed E-state index contributed by atoms with van der Waals surface area (Å²) in [5.74, 6) is 0.274. The zero-order chi connectivity index (χ0) is 7.90. The van der Waals surface area contributed by atoms with E-state index in [1.165, 1.54) is 13.0 Å². The molecule has 0 aliphatic carbocycles. The molecule has 3 nitrogen and oxygen atoms in total. The minimum absolute atomic E-state index is 0.267. The summed E-state index contributed by atoms with van der Waals surface area (Å²) in [6.07, 6.45) is 2.30. The summed E-state index contributed by atoms with van der Waals surface area (Å²) < 4.78 is 0.992. The molecular weight excluding hydrogens is 140 g/mol. The molecular formula is C8H15N2O+. The van der Waals surface area contributed by atoms with Crippen LogP contribution in [0.3, 0.4) is 0 Å². The predicted molar refractivity (Wildman–Crippen MR) is 42.0 cm³/mol. The molecule has 0 spiro atoms. The second-order valence-corrected chi connectivity index (χ2v) is 3.88. The molecule has 0 aromatic carbocycles. The lowest BCUT2D eigenvalue weighted by Crippen LogP contribution is -2.62. The maximum absolute atomic E-state index is 11.4. The van der Waals surface area contributed by atoms with Crippen LogP contribution in [0.15, 0.2) is 0 Å². The van der Waals surface area contributed by atoms with Gasteiger partial charge in [0.15, 0.2) is 6.04 Å². The predicted octanol–water partition coefficient (Wildman–Crippen LogP) is -0.275. The highest BCUT2D eigenvalue weighted by Crippen LogP contribution is 2.26. The summed E-state index contributed by atoms with van der Waals surface area (Å²) in [4.78, 5) is 11.4. The van der Waals surface area contributed by atoms with E-state index in [1.54, 1.807) is 0 Å². The Balaban J connectivity index is 2.22. The number of likely N-dealkylation sites (N-methyl/N-ethyl adjacent to an activating group) is 1. The fourth-order valence-electron chi connectivity index (χ4n) is 2.35. The molecule has 62 valence electrons. The molecule has 3 heteroatoms.